The van der Waals surface area contributed by atoms with Gasteiger partial charge in [0.25, 0.3) is 0 Å². The second-order valence-electron chi connectivity index (χ2n) is 8.01. The molecule has 0 aliphatic heterocycles. The van der Waals surface area contributed by atoms with Crippen LogP contribution in [0.2, 0.25) is 0 Å². The van der Waals surface area contributed by atoms with E-state index in [1.807, 2.05) is 0 Å². The molecule has 31 heavy (non-hydrogen) atoms. The van der Waals surface area contributed by atoms with Crippen molar-refractivity contribution in [1.82, 2.24) is 4.57 Å². The normalized spacial score (nSPS) is 12.2. The first-order chi connectivity index (χ1) is 15.2. The smallest absolute Gasteiger partial charge is 0.109 e. The molecule has 0 amide bonds. The summed E-state index contributed by atoms with van der Waals surface area (Å²) >= 11 is 0. The van der Waals surface area contributed by atoms with Gasteiger partial charge in [-0.2, -0.15) is 0 Å². The number of hydrogen-bond acceptors (Lipinski definition) is 2. The fraction of sp³-hybridized carbons (Fsp3) is 0.286. The maximum absolute atomic E-state index is 6.02. The minimum absolute atomic E-state index is 0.0789. The minimum Gasteiger partial charge on any atom is -0.385 e. The van der Waals surface area contributed by atoms with Gasteiger partial charge in [-0.15, -0.1) is 0 Å². The van der Waals surface area contributed by atoms with Crippen LogP contribution >= 0.6 is 0 Å². The number of nitrogens with one attached hydrogen (secondary N) is 1. The third-order valence-electron chi connectivity index (χ3n) is 6.12. The molecule has 0 spiro atoms. The molecule has 3 heteroatoms. The molecular formula is C28H32N2O. The molecular weight excluding hydrogens is 380 g/mol. The van der Waals surface area contributed by atoms with Gasteiger partial charge in [-0.3, -0.25) is 0 Å². The maximum atomic E-state index is 6.02. The lowest BCUT2D eigenvalue weighted by Crippen LogP contribution is -2.07. The van der Waals surface area contributed by atoms with Gasteiger partial charge in [-0.25, -0.2) is 0 Å². The first-order valence-electron chi connectivity index (χ1n) is 11.2. The largest absolute Gasteiger partial charge is 0.385 e. The van der Waals surface area contributed by atoms with Gasteiger partial charge in [0.05, 0.1) is 0 Å². The van der Waals surface area contributed by atoms with Crippen LogP contribution in [-0.2, 0) is 17.7 Å². The quantitative estimate of drug-likeness (QED) is 0.308. The minimum atomic E-state index is -0.0789. The monoisotopic (exact) mass is 412 g/mol. The third-order valence-corrected chi connectivity index (χ3v) is 6.12. The van der Waals surface area contributed by atoms with Gasteiger partial charge in [0.15, 0.2) is 0 Å². The summed E-state index contributed by atoms with van der Waals surface area (Å²) in [6.45, 7) is 6.32. The van der Waals surface area contributed by atoms with E-state index in [9.17, 15) is 0 Å². The molecule has 160 valence electrons. The van der Waals surface area contributed by atoms with E-state index in [0.717, 1.165) is 31.6 Å². The Morgan fingerprint density at radius 2 is 1.61 bits per heavy atom. The number of methoxy groups -OCH3 is 1. The molecule has 3 aromatic carbocycles. The zero-order chi connectivity index (χ0) is 21.6. The van der Waals surface area contributed by atoms with Gasteiger partial charge in [0.2, 0.25) is 0 Å². The number of rotatable bonds is 9. The molecule has 0 radical (unpaired) electrons. The van der Waals surface area contributed by atoms with Crippen molar-refractivity contribution in [3.8, 4) is 0 Å². The van der Waals surface area contributed by atoms with Crippen LogP contribution in [0, 0.1) is 6.92 Å². The van der Waals surface area contributed by atoms with Crippen molar-refractivity contribution in [3.05, 3.63) is 101 Å². The van der Waals surface area contributed by atoms with E-state index in [0.29, 0.717) is 0 Å². The van der Waals surface area contributed by atoms with Crippen LogP contribution in [0.5, 0.6) is 0 Å². The van der Waals surface area contributed by atoms with Crippen LogP contribution in [0.1, 0.15) is 41.8 Å². The van der Waals surface area contributed by atoms with E-state index >= 15 is 0 Å². The van der Waals surface area contributed by atoms with Crippen molar-refractivity contribution in [3.63, 3.8) is 0 Å². The lowest BCUT2D eigenvalue weighted by atomic mass is 9.98. The first kappa shape index (κ1) is 21.2. The zero-order valence-electron chi connectivity index (χ0n) is 18.8. The Balaban J connectivity index is 1.48. The van der Waals surface area contributed by atoms with E-state index in [1.165, 1.54) is 33.3 Å². The number of ether oxygens (including phenoxy) is 1. The van der Waals surface area contributed by atoms with Crippen molar-refractivity contribution in [2.75, 3.05) is 19.0 Å². The van der Waals surface area contributed by atoms with Gasteiger partial charge in [0, 0.05) is 48.0 Å². The molecule has 0 bridgehead atoms. The van der Waals surface area contributed by atoms with Crippen molar-refractivity contribution >= 4 is 16.6 Å². The summed E-state index contributed by atoms with van der Waals surface area (Å²) in [7, 11) is 1.80. The molecule has 0 aliphatic carbocycles. The van der Waals surface area contributed by atoms with Crippen molar-refractivity contribution in [1.29, 1.82) is 0 Å². The zero-order valence-corrected chi connectivity index (χ0v) is 18.8. The number of hydrogen-bond donors (Lipinski definition) is 1. The number of aromatic nitrogens is 1. The second-order valence-corrected chi connectivity index (χ2v) is 8.01. The summed E-state index contributed by atoms with van der Waals surface area (Å²) in [5.74, 6) is 0. The lowest BCUT2D eigenvalue weighted by Gasteiger charge is -2.18. The highest BCUT2D eigenvalue weighted by molar-refractivity contribution is 5.86. The molecule has 1 heterocycles. The maximum Gasteiger partial charge on any atom is 0.109 e. The van der Waals surface area contributed by atoms with Crippen LogP contribution in [-0.4, -0.2) is 18.2 Å². The average Bonchev–Trinajstić information content (AvgIpc) is 3.10. The summed E-state index contributed by atoms with van der Waals surface area (Å²) < 4.78 is 8.40. The van der Waals surface area contributed by atoms with E-state index < -0.39 is 0 Å². The molecule has 1 unspecified atom stereocenters. The number of para-hydroxylation sites is 1. The van der Waals surface area contributed by atoms with Crippen LogP contribution in [0.15, 0.2) is 78.9 Å². The second kappa shape index (κ2) is 9.84. The predicted molar refractivity (Wildman–Crippen MR) is 131 cm³/mol. The van der Waals surface area contributed by atoms with Crippen LogP contribution in [0.25, 0.3) is 10.9 Å². The Bertz CT molecular complexity index is 1110. The van der Waals surface area contributed by atoms with Gasteiger partial charge in [0.1, 0.15) is 6.10 Å². The summed E-state index contributed by atoms with van der Waals surface area (Å²) in [6, 6.07) is 28.0. The van der Waals surface area contributed by atoms with Crippen LogP contribution < -0.4 is 5.32 Å². The molecule has 3 nitrogen and oxygen atoms in total. The molecule has 0 aliphatic rings. The molecule has 0 fully saturated rings. The third kappa shape index (κ3) is 4.52. The summed E-state index contributed by atoms with van der Waals surface area (Å²) in [5.41, 5.74) is 7.54. The van der Waals surface area contributed by atoms with E-state index in [1.54, 1.807) is 7.11 Å². The summed E-state index contributed by atoms with van der Waals surface area (Å²) in [5, 5.41) is 4.82. The first-order valence-corrected chi connectivity index (χ1v) is 11.2. The van der Waals surface area contributed by atoms with Crippen molar-refractivity contribution in [2.45, 2.75) is 39.3 Å². The Labute approximate surface area is 185 Å². The topological polar surface area (TPSA) is 26.2 Å². The van der Waals surface area contributed by atoms with Crippen molar-refractivity contribution < 1.29 is 4.74 Å². The summed E-state index contributed by atoms with van der Waals surface area (Å²) in [4.78, 5) is 0. The van der Waals surface area contributed by atoms with E-state index in [-0.39, 0.29) is 6.10 Å². The van der Waals surface area contributed by atoms with Gasteiger partial charge in [-0.05, 0) is 56.0 Å². The molecule has 0 saturated heterocycles. The molecule has 4 rings (SSSR count). The SMILES string of the molecule is CCn1c(C)c(C(OC)c2ccc(NCCCc3ccccc3)cc2)c2ccccc21. The Morgan fingerprint density at radius 1 is 0.903 bits per heavy atom. The fourth-order valence-electron chi connectivity index (χ4n) is 4.56. The Morgan fingerprint density at radius 3 is 2.32 bits per heavy atom. The average molecular weight is 413 g/mol. The molecule has 1 N–H and O–H groups in total. The standard InChI is InChI=1S/C28H32N2O/c1-4-30-21(2)27(25-14-8-9-15-26(25)30)28(31-3)23-16-18-24(19-17-23)29-20-10-13-22-11-6-5-7-12-22/h5-9,11-12,14-19,28-29H,4,10,13,20H2,1-3H3. The molecule has 4 aromatic rings. The number of fused-ring (bicyclic) bond motifs is 1. The number of nitrogens with zero attached hydrogens (tertiary/aromatic N) is 1. The predicted octanol–water partition coefficient (Wildman–Crippen LogP) is 6.75. The summed E-state index contributed by atoms with van der Waals surface area (Å²) in [6.07, 6.45) is 2.13. The van der Waals surface area contributed by atoms with Gasteiger partial charge >= 0.3 is 0 Å². The van der Waals surface area contributed by atoms with Gasteiger partial charge < -0.3 is 14.6 Å². The molecule has 1 aromatic heterocycles. The lowest BCUT2D eigenvalue weighted by molar-refractivity contribution is 0.137. The van der Waals surface area contributed by atoms with Crippen molar-refractivity contribution in [2.24, 2.45) is 0 Å². The Hall–Kier alpha value is -3.04. The van der Waals surface area contributed by atoms with Crippen LogP contribution in [0.3, 0.4) is 0 Å². The Kier molecular flexibility index (Phi) is 6.73. The van der Waals surface area contributed by atoms with E-state index in [4.69, 9.17) is 4.74 Å². The highest BCUT2D eigenvalue weighted by Gasteiger charge is 2.22. The number of benzene rings is 3. The number of aryl methyl sites for hydroxylation is 2. The van der Waals surface area contributed by atoms with Crippen LogP contribution in [0.4, 0.5) is 5.69 Å². The number of anilines is 1. The fourth-order valence-corrected chi connectivity index (χ4v) is 4.56. The molecule has 1 atom stereocenters. The van der Waals surface area contributed by atoms with Gasteiger partial charge in [-0.1, -0.05) is 60.7 Å². The molecule has 0 saturated carbocycles. The van der Waals surface area contributed by atoms with E-state index in [2.05, 4.69) is 103 Å². The highest BCUT2D eigenvalue weighted by Crippen LogP contribution is 2.36. The highest BCUT2D eigenvalue weighted by atomic mass is 16.5.